The van der Waals surface area contributed by atoms with Crippen molar-refractivity contribution in [1.82, 2.24) is 4.57 Å². The SMILES string of the molecule is O=C(O)c1cccn1-c1ccc2ccccc2c1. The third-order valence-corrected chi connectivity index (χ3v) is 2.98. The van der Waals surface area contributed by atoms with E-state index in [0.29, 0.717) is 0 Å². The van der Waals surface area contributed by atoms with Crippen LogP contribution in [0.15, 0.2) is 60.8 Å². The van der Waals surface area contributed by atoms with Gasteiger partial charge >= 0.3 is 5.97 Å². The molecular weight excluding hydrogens is 226 g/mol. The first-order chi connectivity index (χ1) is 8.75. The molecule has 0 bridgehead atoms. The van der Waals surface area contributed by atoms with E-state index in [0.717, 1.165) is 16.5 Å². The van der Waals surface area contributed by atoms with Crippen LogP contribution in [0.1, 0.15) is 10.5 Å². The van der Waals surface area contributed by atoms with Crippen LogP contribution >= 0.6 is 0 Å². The molecule has 88 valence electrons. The van der Waals surface area contributed by atoms with Crippen molar-refractivity contribution in [3.05, 3.63) is 66.5 Å². The highest BCUT2D eigenvalue weighted by atomic mass is 16.4. The van der Waals surface area contributed by atoms with Crippen molar-refractivity contribution in [3.8, 4) is 5.69 Å². The molecule has 3 heteroatoms. The average molecular weight is 237 g/mol. The van der Waals surface area contributed by atoms with Gasteiger partial charge in [0.1, 0.15) is 5.69 Å². The number of rotatable bonds is 2. The molecule has 3 aromatic rings. The van der Waals surface area contributed by atoms with Gasteiger partial charge in [-0.05, 0) is 35.0 Å². The molecule has 0 spiro atoms. The summed E-state index contributed by atoms with van der Waals surface area (Å²) in [6.45, 7) is 0. The van der Waals surface area contributed by atoms with E-state index in [1.54, 1.807) is 22.9 Å². The zero-order valence-electron chi connectivity index (χ0n) is 9.58. The molecule has 0 aliphatic rings. The van der Waals surface area contributed by atoms with Crippen LogP contribution in [0.5, 0.6) is 0 Å². The molecule has 0 atom stereocenters. The van der Waals surface area contributed by atoms with Gasteiger partial charge in [-0.1, -0.05) is 30.3 Å². The Bertz CT molecular complexity index is 728. The van der Waals surface area contributed by atoms with Crippen LogP contribution in [-0.2, 0) is 0 Å². The van der Waals surface area contributed by atoms with Crippen molar-refractivity contribution in [1.29, 1.82) is 0 Å². The van der Waals surface area contributed by atoms with E-state index in [4.69, 9.17) is 5.11 Å². The molecule has 0 amide bonds. The number of carboxylic acids is 1. The van der Waals surface area contributed by atoms with Crippen LogP contribution in [0.2, 0.25) is 0 Å². The van der Waals surface area contributed by atoms with Crippen LogP contribution in [0.4, 0.5) is 0 Å². The lowest BCUT2D eigenvalue weighted by Gasteiger charge is -2.07. The van der Waals surface area contributed by atoms with Gasteiger partial charge in [-0.15, -0.1) is 0 Å². The first kappa shape index (κ1) is 10.6. The zero-order chi connectivity index (χ0) is 12.5. The summed E-state index contributed by atoms with van der Waals surface area (Å²) in [4.78, 5) is 11.1. The lowest BCUT2D eigenvalue weighted by molar-refractivity contribution is 0.0688. The predicted octanol–water partition coefficient (Wildman–Crippen LogP) is 3.33. The summed E-state index contributed by atoms with van der Waals surface area (Å²) < 4.78 is 1.68. The number of benzene rings is 2. The summed E-state index contributed by atoms with van der Waals surface area (Å²) >= 11 is 0. The number of aromatic carboxylic acids is 1. The fourth-order valence-electron chi connectivity index (χ4n) is 2.11. The molecule has 0 aliphatic carbocycles. The summed E-state index contributed by atoms with van der Waals surface area (Å²) in [7, 11) is 0. The van der Waals surface area contributed by atoms with E-state index in [9.17, 15) is 4.79 Å². The highest BCUT2D eigenvalue weighted by Gasteiger charge is 2.09. The first-order valence-corrected chi connectivity index (χ1v) is 5.65. The maximum Gasteiger partial charge on any atom is 0.352 e. The number of nitrogens with zero attached hydrogens (tertiary/aromatic N) is 1. The Kier molecular flexibility index (Phi) is 2.38. The Morgan fingerprint density at radius 2 is 1.72 bits per heavy atom. The third-order valence-electron chi connectivity index (χ3n) is 2.98. The Hall–Kier alpha value is -2.55. The largest absolute Gasteiger partial charge is 0.477 e. The van der Waals surface area contributed by atoms with Crippen molar-refractivity contribution in [2.24, 2.45) is 0 Å². The van der Waals surface area contributed by atoms with Crippen molar-refractivity contribution >= 4 is 16.7 Å². The maximum absolute atomic E-state index is 11.1. The third kappa shape index (κ3) is 1.66. The highest BCUT2D eigenvalue weighted by Crippen LogP contribution is 2.20. The number of carboxylic acid groups (broad SMARTS) is 1. The van der Waals surface area contributed by atoms with E-state index in [1.165, 1.54) is 0 Å². The quantitative estimate of drug-likeness (QED) is 0.742. The van der Waals surface area contributed by atoms with Crippen LogP contribution < -0.4 is 0 Å². The van der Waals surface area contributed by atoms with Gasteiger partial charge in [-0.2, -0.15) is 0 Å². The van der Waals surface area contributed by atoms with Gasteiger partial charge < -0.3 is 9.67 Å². The Labute approximate surface area is 104 Å². The van der Waals surface area contributed by atoms with Crippen molar-refractivity contribution < 1.29 is 9.90 Å². The van der Waals surface area contributed by atoms with Gasteiger partial charge in [0.2, 0.25) is 0 Å². The number of hydrogen-bond donors (Lipinski definition) is 1. The lowest BCUT2D eigenvalue weighted by atomic mass is 10.1. The van der Waals surface area contributed by atoms with E-state index in [-0.39, 0.29) is 5.69 Å². The van der Waals surface area contributed by atoms with Crippen molar-refractivity contribution in [2.75, 3.05) is 0 Å². The molecule has 0 saturated heterocycles. The van der Waals surface area contributed by atoms with E-state index in [2.05, 4.69) is 0 Å². The molecule has 0 unspecified atom stereocenters. The molecule has 1 heterocycles. The minimum atomic E-state index is -0.923. The first-order valence-electron chi connectivity index (χ1n) is 5.65. The van der Waals surface area contributed by atoms with E-state index in [1.807, 2.05) is 42.5 Å². The molecule has 3 nitrogen and oxygen atoms in total. The van der Waals surface area contributed by atoms with Gasteiger partial charge in [0.15, 0.2) is 0 Å². The minimum absolute atomic E-state index is 0.269. The van der Waals surface area contributed by atoms with E-state index < -0.39 is 5.97 Å². The fraction of sp³-hybridized carbons (Fsp3) is 0. The highest BCUT2D eigenvalue weighted by molar-refractivity contribution is 5.88. The monoisotopic (exact) mass is 237 g/mol. The number of carbonyl (C=O) groups is 1. The molecule has 2 aromatic carbocycles. The number of hydrogen-bond acceptors (Lipinski definition) is 1. The standard InChI is InChI=1S/C15H11NO2/c17-15(18)14-6-3-9-16(14)13-8-7-11-4-1-2-5-12(11)10-13/h1-10H,(H,17,18). The van der Waals surface area contributed by atoms with Crippen molar-refractivity contribution in [3.63, 3.8) is 0 Å². The van der Waals surface area contributed by atoms with Gasteiger partial charge in [0.25, 0.3) is 0 Å². The van der Waals surface area contributed by atoms with Crippen molar-refractivity contribution in [2.45, 2.75) is 0 Å². The molecule has 18 heavy (non-hydrogen) atoms. The molecule has 3 rings (SSSR count). The molecule has 1 N–H and O–H groups in total. The topological polar surface area (TPSA) is 42.2 Å². The lowest BCUT2D eigenvalue weighted by Crippen LogP contribution is -2.05. The molecule has 0 aliphatic heterocycles. The average Bonchev–Trinajstić information content (AvgIpc) is 2.87. The molecular formula is C15H11NO2. The zero-order valence-corrected chi connectivity index (χ0v) is 9.58. The summed E-state index contributed by atoms with van der Waals surface area (Å²) in [5.41, 5.74) is 1.13. The molecule has 0 saturated carbocycles. The second-order valence-corrected chi connectivity index (χ2v) is 4.10. The number of aromatic nitrogens is 1. The second kappa shape index (κ2) is 4.04. The predicted molar refractivity (Wildman–Crippen MR) is 70.2 cm³/mol. The Morgan fingerprint density at radius 3 is 2.50 bits per heavy atom. The summed E-state index contributed by atoms with van der Waals surface area (Å²) in [5, 5.41) is 11.3. The van der Waals surface area contributed by atoms with Gasteiger partial charge in [0.05, 0.1) is 0 Å². The maximum atomic E-state index is 11.1. The summed E-state index contributed by atoms with van der Waals surface area (Å²) in [6, 6.07) is 17.2. The molecule has 1 aromatic heterocycles. The minimum Gasteiger partial charge on any atom is -0.477 e. The van der Waals surface area contributed by atoms with Crippen LogP contribution in [0.3, 0.4) is 0 Å². The smallest absolute Gasteiger partial charge is 0.352 e. The van der Waals surface area contributed by atoms with Crippen LogP contribution in [0, 0.1) is 0 Å². The molecule has 0 radical (unpaired) electrons. The fourth-order valence-corrected chi connectivity index (χ4v) is 2.11. The Morgan fingerprint density at radius 1 is 0.944 bits per heavy atom. The van der Waals surface area contributed by atoms with E-state index >= 15 is 0 Å². The van der Waals surface area contributed by atoms with Gasteiger partial charge in [-0.25, -0.2) is 4.79 Å². The molecule has 0 fully saturated rings. The van der Waals surface area contributed by atoms with Crippen LogP contribution in [-0.4, -0.2) is 15.6 Å². The normalized spacial score (nSPS) is 10.7. The number of fused-ring (bicyclic) bond motifs is 1. The van der Waals surface area contributed by atoms with Crippen LogP contribution in [0.25, 0.3) is 16.5 Å². The Balaban J connectivity index is 2.19. The summed E-state index contributed by atoms with van der Waals surface area (Å²) in [5.74, 6) is -0.923. The summed E-state index contributed by atoms with van der Waals surface area (Å²) in [6.07, 6.45) is 1.76. The van der Waals surface area contributed by atoms with Gasteiger partial charge in [0, 0.05) is 11.9 Å². The van der Waals surface area contributed by atoms with Gasteiger partial charge in [-0.3, -0.25) is 0 Å². The second-order valence-electron chi connectivity index (χ2n) is 4.10.